The summed E-state index contributed by atoms with van der Waals surface area (Å²) in [6, 6.07) is 4.96. The van der Waals surface area contributed by atoms with Crippen molar-refractivity contribution in [2.45, 2.75) is 118 Å². The summed E-state index contributed by atoms with van der Waals surface area (Å²) in [7, 11) is -1.43. The molecular weight excluding hydrogens is 724 g/mol. The highest BCUT2D eigenvalue weighted by molar-refractivity contribution is 5.00. The predicted molar refractivity (Wildman–Crippen MR) is 200 cm³/mol. The molecule has 0 aromatic carbocycles. The van der Waals surface area contributed by atoms with Crippen molar-refractivity contribution in [3.8, 4) is 0 Å². The minimum absolute atomic E-state index is 0. The van der Waals surface area contributed by atoms with Crippen LogP contribution in [0.25, 0.3) is 0 Å². The molecular formula is C36H60N6O13. The van der Waals surface area contributed by atoms with Crippen molar-refractivity contribution in [1.29, 1.82) is 0 Å². The van der Waals surface area contributed by atoms with E-state index in [-0.39, 0.29) is 53.9 Å². The van der Waals surface area contributed by atoms with Crippen LogP contribution in [0.5, 0.6) is 0 Å². The highest BCUT2D eigenvalue weighted by Crippen LogP contribution is 2.29. The number of aryl methyl sites for hydroxylation is 3. The molecule has 3 fully saturated rings. The Balaban J connectivity index is 0.000000418. The Kier molecular flexibility index (Phi) is 17.9. The van der Waals surface area contributed by atoms with Gasteiger partial charge in [0.1, 0.15) is 36.7 Å². The molecule has 3 saturated heterocycles. The summed E-state index contributed by atoms with van der Waals surface area (Å²) in [5.41, 5.74) is 0.312. The molecule has 6 N–H and O–H groups in total. The fraction of sp³-hybridized carbons (Fsp3) is 0.667. The van der Waals surface area contributed by atoms with Gasteiger partial charge in [-0.25, -0.2) is 14.4 Å². The van der Waals surface area contributed by atoms with Crippen LogP contribution in [0.1, 0.15) is 74.6 Å². The normalized spacial score (nSPS) is 32.5. The van der Waals surface area contributed by atoms with Gasteiger partial charge in [-0.05, 0) is 39.0 Å². The third kappa shape index (κ3) is 11.6. The number of aromatic nitrogens is 6. The Labute approximate surface area is 323 Å². The van der Waals surface area contributed by atoms with Gasteiger partial charge in [0.2, 0.25) is 0 Å². The van der Waals surface area contributed by atoms with Crippen LogP contribution < -0.4 is 17.1 Å². The fourth-order valence-corrected chi connectivity index (χ4v) is 5.74. The van der Waals surface area contributed by atoms with Crippen molar-refractivity contribution in [2.24, 2.45) is 11.8 Å². The predicted octanol–water partition coefficient (Wildman–Crippen LogP) is -0.398. The molecule has 19 heteroatoms. The molecule has 19 nitrogen and oxygen atoms in total. The molecule has 0 saturated carbocycles. The molecule has 3 aliphatic rings. The van der Waals surface area contributed by atoms with E-state index in [2.05, 4.69) is 15.0 Å². The lowest BCUT2D eigenvalue weighted by Crippen LogP contribution is -2.52. The minimum atomic E-state index is -1.43. The largest absolute Gasteiger partial charge is 0.390 e. The summed E-state index contributed by atoms with van der Waals surface area (Å²) in [6.07, 6.45) is -5.10. The molecule has 0 aliphatic carbocycles. The molecule has 3 aromatic heterocycles. The average Bonchev–Trinajstić information content (AvgIpc) is 3.10. The van der Waals surface area contributed by atoms with Crippen LogP contribution in [-0.4, -0.2) is 129 Å². The Bertz CT molecular complexity index is 1780. The maximum absolute atomic E-state index is 11.8. The Morgan fingerprint density at radius 2 is 1.02 bits per heavy atom. The first-order valence-corrected chi connectivity index (χ1v) is 16.5. The van der Waals surface area contributed by atoms with Gasteiger partial charge in [0, 0.05) is 54.6 Å². The third-order valence-corrected chi connectivity index (χ3v) is 9.05. The van der Waals surface area contributed by atoms with E-state index in [9.17, 15) is 45.0 Å². The number of aliphatic hydroxyl groups is 6. The SMILES string of the molecule is C.C.C.Cc1ccn(C2OCC(O)C(O)C2C)c(=O)n1.Cc1ccn(C2OCC(O)C(O)C2O)c(=O)n1.[2H]C([3H])OC1COC(n2ccc(C)nc2=O)C(O)C1C. The third-order valence-electron chi connectivity index (χ3n) is 9.05. The zero-order valence-corrected chi connectivity index (χ0v) is 29.3. The number of methoxy groups -OCH3 is 1. The molecule has 0 amide bonds. The van der Waals surface area contributed by atoms with E-state index in [1.807, 2.05) is 0 Å². The molecule has 6 heterocycles. The second kappa shape index (κ2) is 21.5. The van der Waals surface area contributed by atoms with Crippen molar-refractivity contribution in [3.63, 3.8) is 0 Å². The second-order valence-electron chi connectivity index (χ2n) is 12.9. The zero-order valence-electron chi connectivity index (χ0n) is 31.3. The number of hydrogen-bond donors (Lipinski definition) is 6. The van der Waals surface area contributed by atoms with Gasteiger partial charge in [-0.1, -0.05) is 36.1 Å². The molecule has 3 aliphatic heterocycles. The second-order valence-corrected chi connectivity index (χ2v) is 12.9. The molecule has 0 radical (unpaired) electrons. The fourth-order valence-electron chi connectivity index (χ4n) is 5.74. The van der Waals surface area contributed by atoms with Crippen LogP contribution in [0, 0.1) is 32.6 Å². The van der Waals surface area contributed by atoms with Gasteiger partial charge in [-0.3, -0.25) is 13.7 Å². The lowest BCUT2D eigenvalue weighted by atomic mass is 9.94. The molecule has 3 aromatic rings. The van der Waals surface area contributed by atoms with Gasteiger partial charge in [-0.15, -0.1) is 0 Å². The lowest BCUT2D eigenvalue weighted by molar-refractivity contribution is -0.212. The summed E-state index contributed by atoms with van der Waals surface area (Å²) < 4.78 is 38.9. The highest BCUT2D eigenvalue weighted by atomic mass is 16.6. The van der Waals surface area contributed by atoms with E-state index in [0.717, 1.165) is 4.57 Å². The molecule has 0 spiro atoms. The summed E-state index contributed by atoms with van der Waals surface area (Å²) in [5, 5.41) is 58.0. The van der Waals surface area contributed by atoms with Gasteiger partial charge >= 0.3 is 17.1 Å². The molecule has 55 heavy (non-hydrogen) atoms. The number of aliphatic hydroxyl groups excluding tert-OH is 6. The van der Waals surface area contributed by atoms with Crippen molar-refractivity contribution in [3.05, 3.63) is 85.3 Å². The summed E-state index contributed by atoms with van der Waals surface area (Å²) in [5.74, 6) is -0.735. The average molecular weight is 788 g/mol. The maximum atomic E-state index is 11.8. The first-order chi connectivity index (χ1) is 25.4. The number of rotatable bonds is 4. The van der Waals surface area contributed by atoms with E-state index >= 15 is 0 Å². The molecule has 0 bridgehead atoms. The minimum Gasteiger partial charge on any atom is -0.390 e. The van der Waals surface area contributed by atoms with E-state index in [0.29, 0.717) is 17.1 Å². The van der Waals surface area contributed by atoms with Crippen LogP contribution >= 0.6 is 0 Å². The maximum Gasteiger partial charge on any atom is 0.349 e. The molecule has 312 valence electrons. The topological polar surface area (TPSA) is 263 Å². The number of hydrogen-bond acceptors (Lipinski definition) is 16. The van der Waals surface area contributed by atoms with Crippen LogP contribution in [0.15, 0.2) is 51.2 Å². The molecule has 13 atom stereocenters. The van der Waals surface area contributed by atoms with Crippen LogP contribution in [0.2, 0.25) is 0 Å². The Morgan fingerprint density at radius 1 is 0.636 bits per heavy atom. The van der Waals surface area contributed by atoms with Crippen LogP contribution in [-0.2, 0) is 18.9 Å². The van der Waals surface area contributed by atoms with E-state index < -0.39 is 85.5 Å². The van der Waals surface area contributed by atoms with Crippen molar-refractivity contribution in [1.82, 2.24) is 28.7 Å². The van der Waals surface area contributed by atoms with Crippen molar-refractivity contribution < 1.29 is 52.3 Å². The number of ether oxygens (including phenoxy) is 4. The standard InChI is InChI=1S/C12H18N2O4.C11H16N2O4.C10H14N2O5.3CH4/c1-7-4-5-14(12(16)13-7)11-10(15)8(2)9(17-3)6-18-11;1-6-3-4-13(11(16)12-6)10-7(2)9(15)8(14)5-17-10;1-5-2-3-12(10(16)11-5)9-8(15)7(14)6(13)4-17-9;;;/h4-5,8-11,15H,6H2,1-3H3;3-4,7-10,14-15H,5H2,1-2H3;2-3,6-9,13-15H,4H2,1H3;3*1H4/i3TD;;;;;. The van der Waals surface area contributed by atoms with Gasteiger partial charge in [0.05, 0.1) is 34.8 Å². The Morgan fingerprint density at radius 3 is 1.45 bits per heavy atom. The van der Waals surface area contributed by atoms with Crippen LogP contribution in [0.3, 0.4) is 0 Å². The zero-order chi connectivity index (χ0) is 40.0. The monoisotopic (exact) mass is 787 g/mol. The van der Waals surface area contributed by atoms with Gasteiger partial charge in [0.15, 0.2) is 12.5 Å². The highest BCUT2D eigenvalue weighted by Gasteiger charge is 2.40. The first kappa shape index (κ1) is 45.6. The van der Waals surface area contributed by atoms with Crippen molar-refractivity contribution >= 4 is 0 Å². The smallest absolute Gasteiger partial charge is 0.349 e. The van der Waals surface area contributed by atoms with Gasteiger partial charge < -0.3 is 49.6 Å². The quantitative estimate of drug-likeness (QED) is 0.197. The number of nitrogens with zero attached hydrogens (tertiary/aromatic N) is 6. The molecule has 6 rings (SSSR count). The van der Waals surface area contributed by atoms with Crippen LogP contribution in [0.4, 0.5) is 0 Å². The summed E-state index contributed by atoms with van der Waals surface area (Å²) >= 11 is 0. The van der Waals surface area contributed by atoms with E-state index in [1.165, 1.54) is 21.5 Å². The van der Waals surface area contributed by atoms with E-state index in [4.69, 9.17) is 21.7 Å². The van der Waals surface area contributed by atoms with E-state index in [1.54, 1.807) is 59.0 Å². The summed E-state index contributed by atoms with van der Waals surface area (Å²) in [4.78, 5) is 46.4. The lowest BCUT2D eigenvalue weighted by Gasteiger charge is -2.38. The van der Waals surface area contributed by atoms with Gasteiger partial charge in [0.25, 0.3) is 0 Å². The van der Waals surface area contributed by atoms with Crippen molar-refractivity contribution in [2.75, 3.05) is 26.9 Å². The summed E-state index contributed by atoms with van der Waals surface area (Å²) in [6.45, 7) is 8.54. The van der Waals surface area contributed by atoms with Gasteiger partial charge in [-0.2, -0.15) is 15.0 Å². The first-order valence-electron chi connectivity index (χ1n) is 17.7. The Hall–Kier alpha value is -3.76. The molecule has 13 unspecified atom stereocenters.